The predicted molar refractivity (Wildman–Crippen MR) is 59.5 cm³/mol. The number of carbonyl (C=O) groups is 2. The van der Waals surface area contributed by atoms with Gasteiger partial charge in [0.25, 0.3) is 0 Å². The van der Waals surface area contributed by atoms with Gasteiger partial charge >= 0.3 is 11.9 Å². The molecule has 0 aromatic carbocycles. The van der Waals surface area contributed by atoms with Crippen LogP contribution in [0, 0.1) is 12.3 Å². The van der Waals surface area contributed by atoms with Crippen LogP contribution in [0.2, 0.25) is 0 Å². The first kappa shape index (κ1) is 14.5. The second kappa shape index (κ2) is 10.0. The molecule has 4 nitrogen and oxygen atoms in total. The average molecular weight is 226 g/mol. The highest BCUT2D eigenvalue weighted by atomic mass is 16.5. The summed E-state index contributed by atoms with van der Waals surface area (Å²) in [6.07, 6.45) is 7.67. The van der Waals surface area contributed by atoms with Gasteiger partial charge in [0.05, 0.1) is 6.61 Å². The molecule has 0 saturated heterocycles. The van der Waals surface area contributed by atoms with Gasteiger partial charge in [0, 0.05) is 12.8 Å². The third-order valence-electron chi connectivity index (χ3n) is 1.84. The first-order valence-corrected chi connectivity index (χ1v) is 5.45. The van der Waals surface area contributed by atoms with E-state index in [0.29, 0.717) is 13.0 Å². The summed E-state index contributed by atoms with van der Waals surface area (Å²) in [5.74, 6) is 1.56. The number of hydrogen-bond donors (Lipinski definition) is 0. The highest BCUT2D eigenvalue weighted by Crippen LogP contribution is 2.00. The van der Waals surface area contributed by atoms with Gasteiger partial charge in [0.1, 0.15) is 0 Å². The molecule has 0 fully saturated rings. The molecule has 0 rings (SSSR count). The summed E-state index contributed by atoms with van der Waals surface area (Å²) in [5, 5.41) is 0. The van der Waals surface area contributed by atoms with E-state index in [1.54, 1.807) is 0 Å². The molecule has 0 atom stereocenters. The molecule has 0 aromatic rings. The Morgan fingerprint density at radius 1 is 1.12 bits per heavy atom. The van der Waals surface area contributed by atoms with Crippen molar-refractivity contribution in [3.63, 3.8) is 0 Å². The van der Waals surface area contributed by atoms with Crippen molar-refractivity contribution < 1.29 is 19.1 Å². The maximum Gasteiger partial charge on any atom is 0.306 e. The van der Waals surface area contributed by atoms with Gasteiger partial charge in [-0.3, -0.25) is 9.59 Å². The smallest absolute Gasteiger partial charge is 0.306 e. The molecule has 0 radical (unpaired) electrons. The van der Waals surface area contributed by atoms with Crippen LogP contribution in [0.25, 0.3) is 0 Å². The Labute approximate surface area is 96.3 Å². The van der Waals surface area contributed by atoms with Crippen LogP contribution in [-0.4, -0.2) is 25.2 Å². The van der Waals surface area contributed by atoms with Crippen LogP contribution in [0.5, 0.6) is 0 Å². The number of terminal acetylenes is 1. The number of esters is 2. The van der Waals surface area contributed by atoms with Gasteiger partial charge in [-0.2, -0.15) is 0 Å². The van der Waals surface area contributed by atoms with Crippen LogP contribution in [0.1, 0.15) is 39.0 Å². The summed E-state index contributed by atoms with van der Waals surface area (Å²) in [7, 11) is 0. The molecular weight excluding hydrogens is 208 g/mol. The van der Waals surface area contributed by atoms with Crippen LogP contribution < -0.4 is 0 Å². The highest BCUT2D eigenvalue weighted by Gasteiger charge is 2.06. The van der Waals surface area contributed by atoms with E-state index in [4.69, 9.17) is 11.2 Å². The molecule has 0 spiro atoms. The van der Waals surface area contributed by atoms with E-state index in [2.05, 4.69) is 10.7 Å². The second-order valence-electron chi connectivity index (χ2n) is 3.29. The summed E-state index contributed by atoms with van der Waals surface area (Å²) in [5.41, 5.74) is 0. The van der Waals surface area contributed by atoms with Gasteiger partial charge in [-0.25, -0.2) is 0 Å². The Kier molecular flexibility index (Phi) is 9.09. The van der Waals surface area contributed by atoms with Crippen LogP contribution in [0.3, 0.4) is 0 Å². The first-order chi connectivity index (χ1) is 7.70. The summed E-state index contributed by atoms with van der Waals surface area (Å²) in [6, 6.07) is 0. The summed E-state index contributed by atoms with van der Waals surface area (Å²) in [6.45, 7) is 2.46. The molecule has 4 heteroatoms. The maximum absolute atomic E-state index is 11.1. The Balaban J connectivity index is 3.40. The molecular formula is C12H18O4. The Morgan fingerprint density at radius 3 is 2.31 bits per heavy atom. The van der Waals surface area contributed by atoms with Crippen molar-refractivity contribution in [3.8, 4) is 12.3 Å². The second-order valence-corrected chi connectivity index (χ2v) is 3.29. The van der Waals surface area contributed by atoms with E-state index < -0.39 is 0 Å². The molecule has 0 saturated carbocycles. The van der Waals surface area contributed by atoms with Crippen molar-refractivity contribution >= 4 is 11.9 Å². The lowest BCUT2D eigenvalue weighted by Crippen LogP contribution is -2.08. The third kappa shape index (κ3) is 9.07. The summed E-state index contributed by atoms with van der Waals surface area (Å²) < 4.78 is 9.57. The fourth-order valence-electron chi connectivity index (χ4n) is 0.974. The highest BCUT2D eigenvalue weighted by molar-refractivity contribution is 5.72. The maximum atomic E-state index is 11.1. The number of carbonyl (C=O) groups excluding carboxylic acids is 2. The first-order valence-electron chi connectivity index (χ1n) is 5.45. The van der Waals surface area contributed by atoms with Gasteiger partial charge in [-0.15, -0.1) is 6.42 Å². The lowest BCUT2D eigenvalue weighted by molar-refractivity contribution is -0.144. The lowest BCUT2D eigenvalue weighted by Gasteiger charge is -2.03. The van der Waals surface area contributed by atoms with Crippen molar-refractivity contribution in [3.05, 3.63) is 0 Å². The van der Waals surface area contributed by atoms with Gasteiger partial charge in [-0.05, 0) is 12.8 Å². The fraction of sp³-hybridized carbons (Fsp3) is 0.667. The molecule has 0 aliphatic rings. The van der Waals surface area contributed by atoms with Crippen LogP contribution in [0.4, 0.5) is 0 Å². The van der Waals surface area contributed by atoms with E-state index in [1.165, 1.54) is 0 Å². The number of hydrogen-bond acceptors (Lipinski definition) is 4. The number of unbranched alkanes of at least 4 members (excludes halogenated alkanes) is 1. The monoisotopic (exact) mass is 226 g/mol. The minimum atomic E-state index is -0.376. The van der Waals surface area contributed by atoms with E-state index in [0.717, 1.165) is 12.8 Å². The zero-order chi connectivity index (χ0) is 12.2. The lowest BCUT2D eigenvalue weighted by atomic mass is 10.2. The van der Waals surface area contributed by atoms with Crippen LogP contribution in [-0.2, 0) is 19.1 Å². The minimum Gasteiger partial charge on any atom is -0.466 e. The third-order valence-corrected chi connectivity index (χ3v) is 1.84. The summed E-state index contributed by atoms with van der Waals surface area (Å²) in [4.78, 5) is 22.1. The van der Waals surface area contributed by atoms with Gasteiger partial charge in [0.15, 0.2) is 6.61 Å². The molecule has 16 heavy (non-hydrogen) atoms. The Bertz CT molecular complexity index is 252. The predicted octanol–water partition coefficient (Wildman–Crippen LogP) is 1.68. The summed E-state index contributed by atoms with van der Waals surface area (Å²) >= 11 is 0. The molecule has 0 heterocycles. The number of ether oxygens (including phenoxy) is 2. The van der Waals surface area contributed by atoms with E-state index >= 15 is 0 Å². The van der Waals surface area contributed by atoms with Crippen molar-refractivity contribution in [2.45, 2.75) is 39.0 Å². The molecule has 0 unspecified atom stereocenters. The van der Waals surface area contributed by atoms with Crippen molar-refractivity contribution in [1.82, 2.24) is 0 Å². The zero-order valence-corrected chi connectivity index (χ0v) is 9.66. The minimum absolute atomic E-state index is 0.0141. The van der Waals surface area contributed by atoms with E-state index in [-0.39, 0.29) is 31.4 Å². The molecule has 0 bridgehead atoms. The molecule has 0 aliphatic carbocycles. The zero-order valence-electron chi connectivity index (χ0n) is 9.66. The van der Waals surface area contributed by atoms with Gasteiger partial charge in [0.2, 0.25) is 0 Å². The van der Waals surface area contributed by atoms with Gasteiger partial charge in [-0.1, -0.05) is 19.3 Å². The topological polar surface area (TPSA) is 52.6 Å². The molecule has 0 amide bonds. The average Bonchev–Trinajstić information content (AvgIpc) is 2.26. The Morgan fingerprint density at radius 2 is 1.75 bits per heavy atom. The standard InChI is InChI=1S/C12H18O4/c1-3-5-10-16-12(14)8-6-7-11(13)15-9-4-2/h2H,3,5-10H2,1H3. The normalized spacial score (nSPS) is 9.25. The van der Waals surface area contributed by atoms with Crippen LogP contribution >= 0.6 is 0 Å². The fourth-order valence-corrected chi connectivity index (χ4v) is 0.974. The molecule has 90 valence electrons. The number of rotatable bonds is 8. The van der Waals surface area contributed by atoms with Crippen molar-refractivity contribution in [2.75, 3.05) is 13.2 Å². The van der Waals surface area contributed by atoms with Crippen LogP contribution in [0.15, 0.2) is 0 Å². The molecule has 0 aromatic heterocycles. The van der Waals surface area contributed by atoms with E-state index in [9.17, 15) is 9.59 Å². The quantitative estimate of drug-likeness (QED) is 0.359. The Hall–Kier alpha value is -1.50. The molecule has 0 N–H and O–H groups in total. The SMILES string of the molecule is C#CCOC(=O)CCCC(=O)OCCCC. The van der Waals surface area contributed by atoms with Gasteiger partial charge < -0.3 is 9.47 Å². The largest absolute Gasteiger partial charge is 0.466 e. The van der Waals surface area contributed by atoms with Crippen molar-refractivity contribution in [2.24, 2.45) is 0 Å². The molecule has 0 aliphatic heterocycles. The van der Waals surface area contributed by atoms with Crippen molar-refractivity contribution in [1.29, 1.82) is 0 Å². The van der Waals surface area contributed by atoms with E-state index in [1.807, 2.05) is 6.92 Å².